The van der Waals surface area contributed by atoms with Crippen LogP contribution in [-0.4, -0.2) is 95.7 Å². The number of likely N-dealkylation sites (tertiary alicyclic amines) is 1. The molecule has 2 aliphatic heterocycles. The number of alkyl halides is 2. The number of fused-ring (bicyclic) bond motifs is 1. The number of imidazole rings is 1. The highest BCUT2D eigenvalue weighted by Crippen LogP contribution is 2.36. The van der Waals surface area contributed by atoms with Crippen LogP contribution in [0.15, 0.2) is 58.2 Å². The number of oxazole rings is 1. The molecule has 2 saturated carbocycles. The number of rotatable bonds is 14. The van der Waals surface area contributed by atoms with Crippen LogP contribution in [0.25, 0.3) is 22.5 Å². The molecule has 62 heavy (non-hydrogen) atoms. The summed E-state index contributed by atoms with van der Waals surface area (Å²) in [5, 5.41) is 12.6. The molecule has 16 nitrogen and oxygen atoms in total. The van der Waals surface area contributed by atoms with Gasteiger partial charge in [-0.1, -0.05) is 12.1 Å². The zero-order chi connectivity index (χ0) is 43.1. The molecule has 0 unspecified atom stereocenters. The number of benzene rings is 1. The Bertz CT molecular complexity index is 2510. The monoisotopic (exact) mass is 853 g/mol. The van der Waals surface area contributed by atoms with E-state index in [1.54, 1.807) is 34.6 Å². The Kier molecular flexibility index (Phi) is 11.8. The van der Waals surface area contributed by atoms with Crippen molar-refractivity contribution in [1.82, 2.24) is 44.0 Å². The van der Waals surface area contributed by atoms with Gasteiger partial charge in [0.2, 0.25) is 17.7 Å². The van der Waals surface area contributed by atoms with Gasteiger partial charge in [-0.15, -0.1) is 0 Å². The van der Waals surface area contributed by atoms with E-state index in [2.05, 4.69) is 47.9 Å². The molecule has 9 rings (SSSR count). The van der Waals surface area contributed by atoms with Gasteiger partial charge in [0.1, 0.15) is 18.1 Å². The molecule has 1 atom stereocenters. The number of amides is 3. The highest BCUT2D eigenvalue weighted by atomic mass is 19.3. The van der Waals surface area contributed by atoms with Crippen LogP contribution >= 0.6 is 0 Å². The molecule has 4 aromatic heterocycles. The minimum absolute atomic E-state index is 0.0301. The van der Waals surface area contributed by atoms with E-state index in [0.717, 1.165) is 75.8 Å². The number of para-hydroxylation sites is 1. The average molecular weight is 854 g/mol. The summed E-state index contributed by atoms with van der Waals surface area (Å²) in [6.45, 7) is 4.30. The Labute approximate surface area is 357 Å². The molecule has 0 bridgehead atoms. The van der Waals surface area contributed by atoms with Crippen LogP contribution in [0.5, 0.6) is 0 Å². The first-order chi connectivity index (χ1) is 30.0. The van der Waals surface area contributed by atoms with Gasteiger partial charge in [0.25, 0.3) is 12.3 Å². The molecule has 18 heteroatoms. The molecule has 3 amide bonds. The number of anilines is 2. The second kappa shape index (κ2) is 17.6. The van der Waals surface area contributed by atoms with Crippen LogP contribution in [0.2, 0.25) is 0 Å². The quantitative estimate of drug-likeness (QED) is 0.113. The minimum Gasteiger partial charge on any atom is -0.444 e. The van der Waals surface area contributed by atoms with E-state index >= 15 is 0 Å². The Hall–Kier alpha value is -5.75. The Morgan fingerprint density at radius 3 is 2.53 bits per heavy atom. The van der Waals surface area contributed by atoms with Crippen molar-refractivity contribution in [2.45, 2.75) is 95.3 Å². The van der Waals surface area contributed by atoms with Crippen LogP contribution < -0.4 is 21.6 Å². The number of carbonyl (C=O) groups excluding carboxylic acids is 3. The molecule has 0 spiro atoms. The van der Waals surface area contributed by atoms with E-state index in [9.17, 15) is 28.0 Å². The molecule has 5 aromatic rings. The van der Waals surface area contributed by atoms with Crippen molar-refractivity contribution in [3.63, 3.8) is 0 Å². The summed E-state index contributed by atoms with van der Waals surface area (Å²) in [5.74, 6) is 0.642. The summed E-state index contributed by atoms with van der Waals surface area (Å²) in [7, 11) is 3.93. The van der Waals surface area contributed by atoms with Gasteiger partial charge in [0.15, 0.2) is 11.4 Å². The van der Waals surface area contributed by atoms with E-state index in [1.807, 2.05) is 18.2 Å². The lowest BCUT2D eigenvalue weighted by Gasteiger charge is -2.39. The number of hydrogen-bond acceptors (Lipinski definition) is 11. The molecular weight excluding hydrogens is 801 g/mol. The van der Waals surface area contributed by atoms with Crippen molar-refractivity contribution in [2.75, 3.05) is 43.9 Å². The maximum atomic E-state index is 14.2. The molecule has 4 fully saturated rings. The number of halogens is 2. The molecular formula is C44H53F2N11O5. The maximum absolute atomic E-state index is 14.2. The average Bonchev–Trinajstić information content (AvgIpc) is 3.67. The largest absolute Gasteiger partial charge is 0.444 e. The van der Waals surface area contributed by atoms with E-state index < -0.39 is 30.0 Å². The second-order valence-corrected chi connectivity index (χ2v) is 17.5. The van der Waals surface area contributed by atoms with Crippen molar-refractivity contribution >= 4 is 40.3 Å². The number of imide groups is 1. The molecule has 6 heterocycles. The molecule has 4 aliphatic rings. The first-order valence-electron chi connectivity index (χ1n) is 21.8. The van der Waals surface area contributed by atoms with Crippen molar-refractivity contribution in [1.29, 1.82) is 0 Å². The Balaban J connectivity index is 0.760. The number of hydrogen-bond donors (Lipinski definition) is 3. The number of aryl methyl sites for hydroxylation is 1. The molecule has 3 N–H and O–H groups in total. The molecule has 2 aliphatic carbocycles. The highest BCUT2D eigenvalue weighted by molar-refractivity contribution is 6.03. The predicted octanol–water partition coefficient (Wildman–Crippen LogP) is 5.90. The molecule has 328 valence electrons. The zero-order valence-electron chi connectivity index (χ0n) is 35.1. The fourth-order valence-corrected chi connectivity index (χ4v) is 9.56. The van der Waals surface area contributed by atoms with Gasteiger partial charge in [0, 0.05) is 57.1 Å². The van der Waals surface area contributed by atoms with Crippen LogP contribution in [0, 0.1) is 11.8 Å². The summed E-state index contributed by atoms with van der Waals surface area (Å²) in [4.78, 5) is 64.6. The van der Waals surface area contributed by atoms with Crippen molar-refractivity contribution in [2.24, 2.45) is 18.9 Å². The van der Waals surface area contributed by atoms with Gasteiger partial charge in [-0.3, -0.25) is 38.4 Å². The number of aromatic nitrogens is 6. The van der Waals surface area contributed by atoms with Gasteiger partial charge >= 0.3 is 5.69 Å². The minimum atomic E-state index is -2.87. The zero-order valence-corrected chi connectivity index (χ0v) is 35.1. The standard InChI is InChI=1S/C44H53F2N11O5/c1-53(30-15-18-55(19-16-30)23-29-4-3-5-34-39(29)54(2)44(61)57(34)35-12-13-37(58)51-42(35)60)22-27-8-10-31(11-9-27)56-24-32(38(52-56)40(45)46)49-41(59)33-25-62-43(50-33)28-14-17-47-36(20-28)48-21-26-6-7-26/h3-5,14,17,20,24-27,30-31,35,40H,6-13,15-16,18-19,21-23H2,1-2H3,(H,47,48)(H,49,59)(H,51,58,60)/t27?,31?,35-/m0/s1. The summed E-state index contributed by atoms with van der Waals surface area (Å²) in [5.41, 5.74) is 2.38. The number of pyridine rings is 1. The van der Waals surface area contributed by atoms with Gasteiger partial charge in [-0.05, 0) is 114 Å². The van der Waals surface area contributed by atoms with Crippen LogP contribution in [-0.2, 0) is 23.2 Å². The fraction of sp³-hybridized carbons (Fsp3) is 0.523. The maximum Gasteiger partial charge on any atom is 0.329 e. The second-order valence-electron chi connectivity index (χ2n) is 17.5. The number of nitrogens with zero attached hydrogens (tertiary/aromatic N) is 8. The van der Waals surface area contributed by atoms with Gasteiger partial charge in [-0.2, -0.15) is 5.10 Å². The topological polar surface area (TPSA) is 177 Å². The number of nitrogens with one attached hydrogen (secondary N) is 3. The van der Waals surface area contributed by atoms with Crippen LogP contribution in [0.3, 0.4) is 0 Å². The van der Waals surface area contributed by atoms with E-state index in [4.69, 9.17) is 4.42 Å². The summed E-state index contributed by atoms with van der Waals surface area (Å²) >= 11 is 0. The first-order valence-corrected chi connectivity index (χ1v) is 21.8. The third-order valence-corrected chi connectivity index (χ3v) is 13.2. The van der Waals surface area contributed by atoms with Crippen LogP contribution in [0.4, 0.5) is 20.3 Å². The van der Waals surface area contributed by atoms with Gasteiger partial charge in [-0.25, -0.2) is 23.5 Å². The summed E-state index contributed by atoms with van der Waals surface area (Å²) in [6, 6.07) is 9.04. The number of piperidine rings is 2. The van der Waals surface area contributed by atoms with Crippen molar-refractivity contribution in [3.8, 4) is 11.5 Å². The van der Waals surface area contributed by atoms with Gasteiger partial charge < -0.3 is 20.0 Å². The fourth-order valence-electron chi connectivity index (χ4n) is 9.56. The SMILES string of the molecule is CN(CC1CCC(n2cc(NC(=O)c3coc(-c4ccnc(NCC5CC5)c4)n3)c(C(F)F)n2)CC1)C1CCN(Cc2cccc3c2n(C)c(=O)n3[C@H]2CCC(=O)NC2=O)CC1. The van der Waals surface area contributed by atoms with E-state index in [-0.39, 0.29) is 41.3 Å². The van der Waals surface area contributed by atoms with Crippen molar-refractivity contribution < 1.29 is 27.6 Å². The lowest BCUT2D eigenvalue weighted by atomic mass is 9.85. The number of carbonyl (C=O) groups is 3. The third-order valence-electron chi connectivity index (χ3n) is 13.2. The van der Waals surface area contributed by atoms with Gasteiger partial charge in [0.05, 0.1) is 22.8 Å². The Morgan fingerprint density at radius 2 is 1.79 bits per heavy atom. The smallest absolute Gasteiger partial charge is 0.329 e. The van der Waals surface area contributed by atoms with E-state index in [0.29, 0.717) is 47.7 Å². The summed E-state index contributed by atoms with van der Waals surface area (Å²) < 4.78 is 38.8. The lowest BCUT2D eigenvalue weighted by molar-refractivity contribution is -0.135. The third kappa shape index (κ3) is 8.80. The van der Waals surface area contributed by atoms with E-state index in [1.165, 1.54) is 29.9 Å². The molecule has 1 aromatic carbocycles. The molecule has 2 saturated heterocycles. The van der Waals surface area contributed by atoms with Crippen molar-refractivity contribution in [3.05, 3.63) is 76.4 Å². The highest BCUT2D eigenvalue weighted by Gasteiger charge is 2.33. The molecule has 0 radical (unpaired) electrons. The van der Waals surface area contributed by atoms with Crippen LogP contribution in [0.1, 0.15) is 104 Å². The normalized spacial score (nSPS) is 21.5. The summed E-state index contributed by atoms with van der Waals surface area (Å²) in [6.07, 6.45) is 9.91. The first kappa shape index (κ1) is 41.6. The Morgan fingerprint density at radius 1 is 1.02 bits per heavy atom. The lowest BCUT2D eigenvalue weighted by Crippen LogP contribution is -2.44. The predicted molar refractivity (Wildman–Crippen MR) is 227 cm³/mol.